The Morgan fingerprint density at radius 1 is 1.11 bits per heavy atom. The third-order valence-electron chi connectivity index (χ3n) is 4.30. The molecule has 108 valence electrons. The molecule has 0 spiro atoms. The highest BCUT2D eigenvalue weighted by atomic mass is 15.2. The topological polar surface area (TPSA) is 9.72 Å². The zero-order valence-corrected chi connectivity index (χ0v) is 13.0. The van der Waals surface area contributed by atoms with Gasteiger partial charge in [0.25, 0.3) is 0 Å². The Hall–Kier alpha value is -0.120. The third kappa shape index (κ3) is 5.68. The second-order valence-electron chi connectivity index (χ2n) is 5.83. The number of hydrogen-bond donors (Lipinski definition) is 0. The summed E-state index contributed by atoms with van der Waals surface area (Å²) in [6.07, 6.45) is 5.27. The van der Waals surface area contributed by atoms with Crippen molar-refractivity contribution in [2.75, 3.05) is 53.4 Å². The molecule has 1 aliphatic rings. The molecule has 1 unspecified atom stereocenters. The maximum atomic E-state index is 2.62. The van der Waals surface area contributed by atoms with Crippen molar-refractivity contribution in [3.8, 4) is 0 Å². The van der Waals surface area contributed by atoms with Crippen molar-refractivity contribution in [1.29, 1.82) is 0 Å². The Bertz CT molecular complexity index is 200. The third-order valence-corrected chi connectivity index (χ3v) is 4.30. The monoisotopic (exact) mass is 255 g/mol. The van der Waals surface area contributed by atoms with E-state index < -0.39 is 0 Å². The van der Waals surface area contributed by atoms with Crippen molar-refractivity contribution < 1.29 is 0 Å². The minimum Gasteiger partial charge on any atom is -0.304 e. The van der Waals surface area contributed by atoms with Gasteiger partial charge in [-0.25, -0.2) is 0 Å². The molecular formula is C15H33N3. The molecule has 0 bridgehead atoms. The van der Waals surface area contributed by atoms with E-state index in [0.717, 1.165) is 6.04 Å². The van der Waals surface area contributed by atoms with E-state index in [1.807, 2.05) is 0 Å². The molecule has 1 atom stereocenters. The Balaban J connectivity index is 2.12. The summed E-state index contributed by atoms with van der Waals surface area (Å²) in [4.78, 5) is 7.62. The molecule has 0 aromatic carbocycles. The van der Waals surface area contributed by atoms with Crippen LogP contribution in [0.5, 0.6) is 0 Å². The summed E-state index contributed by atoms with van der Waals surface area (Å²) in [5.74, 6) is 0. The van der Waals surface area contributed by atoms with Crippen molar-refractivity contribution in [3.05, 3.63) is 0 Å². The van der Waals surface area contributed by atoms with Crippen LogP contribution in [0.1, 0.15) is 39.5 Å². The molecule has 0 aliphatic carbocycles. The van der Waals surface area contributed by atoms with Crippen molar-refractivity contribution in [1.82, 2.24) is 14.7 Å². The normalized spacial score (nSPS) is 20.5. The lowest BCUT2D eigenvalue weighted by molar-refractivity contribution is 0.142. The van der Waals surface area contributed by atoms with Crippen molar-refractivity contribution in [2.24, 2.45) is 0 Å². The number of likely N-dealkylation sites (N-methyl/N-ethyl adjacent to an activating group) is 1. The van der Waals surface area contributed by atoms with Gasteiger partial charge >= 0.3 is 0 Å². The highest BCUT2D eigenvalue weighted by Gasteiger charge is 2.15. The first kappa shape index (κ1) is 15.9. The first-order valence-corrected chi connectivity index (χ1v) is 7.78. The Morgan fingerprint density at radius 2 is 1.78 bits per heavy atom. The second kappa shape index (κ2) is 8.89. The second-order valence-corrected chi connectivity index (χ2v) is 5.83. The van der Waals surface area contributed by atoms with Crippen LogP contribution in [0.4, 0.5) is 0 Å². The van der Waals surface area contributed by atoms with E-state index in [9.17, 15) is 0 Å². The first-order valence-electron chi connectivity index (χ1n) is 7.78. The lowest BCUT2D eigenvalue weighted by atomic mass is 10.1. The molecule has 0 N–H and O–H groups in total. The average molecular weight is 255 g/mol. The molecular weight excluding hydrogens is 222 g/mol. The number of rotatable bonds is 8. The van der Waals surface area contributed by atoms with Gasteiger partial charge in [0.1, 0.15) is 0 Å². The summed E-state index contributed by atoms with van der Waals surface area (Å²) in [5, 5.41) is 0. The van der Waals surface area contributed by atoms with Crippen LogP contribution in [0, 0.1) is 0 Å². The van der Waals surface area contributed by atoms with E-state index in [1.165, 1.54) is 65.0 Å². The van der Waals surface area contributed by atoms with Crippen LogP contribution in [0.3, 0.4) is 0 Å². The van der Waals surface area contributed by atoms with Crippen LogP contribution in [-0.4, -0.2) is 74.1 Å². The van der Waals surface area contributed by atoms with Crippen molar-refractivity contribution >= 4 is 0 Å². The van der Waals surface area contributed by atoms with Gasteiger partial charge in [0.15, 0.2) is 0 Å². The quantitative estimate of drug-likeness (QED) is 0.658. The molecule has 0 amide bonds. The zero-order valence-electron chi connectivity index (χ0n) is 13.0. The van der Waals surface area contributed by atoms with Crippen LogP contribution < -0.4 is 0 Å². The van der Waals surface area contributed by atoms with Gasteiger partial charge < -0.3 is 14.7 Å². The molecule has 0 radical (unpaired) electrons. The minimum absolute atomic E-state index is 0.794. The van der Waals surface area contributed by atoms with E-state index in [2.05, 4.69) is 42.6 Å². The number of nitrogens with zero attached hydrogens (tertiary/aromatic N) is 3. The zero-order chi connectivity index (χ0) is 13.4. The van der Waals surface area contributed by atoms with E-state index >= 15 is 0 Å². The molecule has 18 heavy (non-hydrogen) atoms. The van der Waals surface area contributed by atoms with E-state index in [1.54, 1.807) is 0 Å². The highest BCUT2D eigenvalue weighted by molar-refractivity contribution is 4.71. The summed E-state index contributed by atoms with van der Waals surface area (Å²) in [5.41, 5.74) is 0. The molecule has 1 aliphatic heterocycles. The predicted octanol–water partition coefficient (Wildman–Crippen LogP) is 2.13. The largest absolute Gasteiger partial charge is 0.304 e. The Morgan fingerprint density at radius 3 is 2.33 bits per heavy atom. The predicted molar refractivity (Wildman–Crippen MR) is 80.2 cm³/mol. The van der Waals surface area contributed by atoms with Gasteiger partial charge in [0, 0.05) is 32.2 Å². The summed E-state index contributed by atoms with van der Waals surface area (Å²) in [6.45, 7) is 12.1. The Kier molecular flexibility index (Phi) is 7.87. The van der Waals surface area contributed by atoms with Crippen molar-refractivity contribution in [3.63, 3.8) is 0 Å². The highest BCUT2D eigenvalue weighted by Crippen LogP contribution is 2.09. The molecule has 3 heteroatoms. The summed E-state index contributed by atoms with van der Waals surface area (Å²) < 4.78 is 0. The molecule has 1 rings (SSSR count). The smallest absolute Gasteiger partial charge is 0.0110 e. The molecule has 1 fully saturated rings. The lowest BCUT2D eigenvalue weighted by Crippen LogP contribution is -2.45. The average Bonchev–Trinajstić information content (AvgIpc) is 2.38. The van der Waals surface area contributed by atoms with E-state index in [4.69, 9.17) is 0 Å². The van der Waals surface area contributed by atoms with Gasteiger partial charge in [-0.3, -0.25) is 0 Å². The molecule has 1 saturated heterocycles. The Labute approximate surface area is 114 Å². The standard InChI is InChI=1S/C15H33N3/c1-5-8-15(6-2)17(4)9-7-10-18-13-11-16(3)12-14-18/h15H,5-14H2,1-4H3. The summed E-state index contributed by atoms with van der Waals surface area (Å²) in [7, 11) is 4.52. The summed E-state index contributed by atoms with van der Waals surface area (Å²) in [6, 6.07) is 0.794. The van der Waals surface area contributed by atoms with Gasteiger partial charge in [0.2, 0.25) is 0 Å². The summed E-state index contributed by atoms with van der Waals surface area (Å²) >= 11 is 0. The van der Waals surface area contributed by atoms with Gasteiger partial charge in [0.05, 0.1) is 0 Å². The first-order chi connectivity index (χ1) is 8.67. The molecule has 3 nitrogen and oxygen atoms in total. The fourth-order valence-electron chi connectivity index (χ4n) is 2.87. The SMILES string of the molecule is CCCC(CC)N(C)CCCN1CCN(C)CC1. The molecule has 0 aromatic heterocycles. The van der Waals surface area contributed by atoms with Gasteiger partial charge in [-0.1, -0.05) is 20.3 Å². The van der Waals surface area contributed by atoms with Crippen LogP contribution in [0.25, 0.3) is 0 Å². The van der Waals surface area contributed by atoms with Crippen LogP contribution in [-0.2, 0) is 0 Å². The van der Waals surface area contributed by atoms with E-state index in [-0.39, 0.29) is 0 Å². The number of hydrogen-bond acceptors (Lipinski definition) is 3. The van der Waals surface area contributed by atoms with E-state index in [0.29, 0.717) is 0 Å². The molecule has 1 heterocycles. The lowest BCUT2D eigenvalue weighted by Gasteiger charge is -2.33. The minimum atomic E-state index is 0.794. The number of piperazine rings is 1. The molecule has 0 aromatic rings. The maximum absolute atomic E-state index is 2.62. The van der Waals surface area contributed by atoms with Crippen LogP contribution in [0.2, 0.25) is 0 Å². The van der Waals surface area contributed by atoms with Gasteiger partial charge in [-0.05, 0) is 46.4 Å². The maximum Gasteiger partial charge on any atom is 0.0110 e. The van der Waals surface area contributed by atoms with Gasteiger partial charge in [-0.2, -0.15) is 0 Å². The fraction of sp³-hybridized carbons (Fsp3) is 1.00. The fourth-order valence-corrected chi connectivity index (χ4v) is 2.87. The van der Waals surface area contributed by atoms with Gasteiger partial charge in [-0.15, -0.1) is 0 Å². The van der Waals surface area contributed by atoms with Crippen LogP contribution >= 0.6 is 0 Å². The van der Waals surface area contributed by atoms with Crippen LogP contribution in [0.15, 0.2) is 0 Å². The molecule has 0 saturated carbocycles. The van der Waals surface area contributed by atoms with Crippen molar-refractivity contribution in [2.45, 2.75) is 45.6 Å².